The van der Waals surface area contributed by atoms with Crippen molar-refractivity contribution in [2.24, 2.45) is 0 Å². The van der Waals surface area contributed by atoms with Crippen molar-refractivity contribution in [2.75, 3.05) is 0 Å². The molecule has 0 fully saturated rings. The zero-order chi connectivity index (χ0) is 16.4. The van der Waals surface area contributed by atoms with Crippen LogP contribution in [0, 0.1) is 6.92 Å². The number of hydrogen-bond acceptors (Lipinski definition) is 2. The Hall–Kier alpha value is -2.88. The van der Waals surface area contributed by atoms with Crippen LogP contribution in [-0.4, -0.2) is 21.9 Å². The number of rotatable bonds is 5. The van der Waals surface area contributed by atoms with Gasteiger partial charge < -0.3 is 14.5 Å². The van der Waals surface area contributed by atoms with E-state index < -0.39 is 5.97 Å². The van der Waals surface area contributed by atoms with Gasteiger partial charge in [0.05, 0.1) is 5.56 Å². The molecule has 0 aliphatic heterocycles. The normalized spacial score (nSPS) is 10.8. The number of carboxylic acids is 1. The predicted octanol–water partition coefficient (Wildman–Crippen LogP) is 3.44. The van der Waals surface area contributed by atoms with Crippen LogP contribution in [-0.2, 0) is 17.8 Å². The van der Waals surface area contributed by atoms with E-state index in [1.807, 2.05) is 43.3 Å². The monoisotopic (exact) mass is 307 g/mol. The number of carboxylic acid groups (broad SMARTS) is 1. The summed E-state index contributed by atoms with van der Waals surface area (Å²) in [5, 5.41) is 10.1. The Bertz CT molecular complexity index is 879. The zero-order valence-corrected chi connectivity index (χ0v) is 12.8. The first kappa shape index (κ1) is 15.0. The third-order valence-corrected chi connectivity index (χ3v) is 4.18. The second kappa shape index (κ2) is 6.08. The topological polar surface area (TPSA) is 59.3 Å². The number of carbonyl (C=O) groups is 2. The van der Waals surface area contributed by atoms with Crippen molar-refractivity contribution in [3.8, 4) is 0 Å². The molecule has 2 aromatic carbocycles. The maximum absolute atomic E-state index is 11.6. The molecular formula is C19H17NO3. The van der Waals surface area contributed by atoms with Crippen LogP contribution in [0.25, 0.3) is 10.9 Å². The second-order valence-corrected chi connectivity index (χ2v) is 5.51. The molecule has 4 nitrogen and oxygen atoms in total. The molecule has 4 heteroatoms. The summed E-state index contributed by atoms with van der Waals surface area (Å²) in [6.07, 6.45) is 1.04. The lowest BCUT2D eigenvalue weighted by Crippen LogP contribution is -2.02. The van der Waals surface area contributed by atoms with E-state index in [0.717, 1.165) is 28.6 Å². The molecular weight excluding hydrogens is 290 g/mol. The van der Waals surface area contributed by atoms with Crippen LogP contribution >= 0.6 is 0 Å². The Kier molecular flexibility index (Phi) is 3.98. The van der Waals surface area contributed by atoms with E-state index in [0.29, 0.717) is 11.9 Å². The van der Waals surface area contributed by atoms with Gasteiger partial charge in [-0.3, -0.25) is 0 Å². The molecule has 116 valence electrons. The highest BCUT2D eigenvalue weighted by atomic mass is 16.4. The molecule has 1 N–H and O–H groups in total. The van der Waals surface area contributed by atoms with Crippen molar-refractivity contribution in [3.05, 3.63) is 70.9 Å². The molecule has 1 heterocycles. The summed E-state index contributed by atoms with van der Waals surface area (Å²) in [7, 11) is 0. The molecule has 1 aromatic heterocycles. The fraction of sp³-hybridized carbons (Fsp3) is 0.158. The summed E-state index contributed by atoms with van der Waals surface area (Å²) >= 11 is 0. The number of hydrogen-bond donors (Lipinski definition) is 1. The smallest absolute Gasteiger partial charge is 0.336 e. The molecule has 3 rings (SSSR count). The van der Waals surface area contributed by atoms with Crippen molar-refractivity contribution in [1.29, 1.82) is 0 Å². The Balaban J connectivity index is 2.26. The Labute approximate surface area is 134 Å². The molecule has 0 aliphatic rings. The molecule has 3 aromatic rings. The van der Waals surface area contributed by atoms with Crippen LogP contribution in [0.1, 0.15) is 27.2 Å². The van der Waals surface area contributed by atoms with Gasteiger partial charge in [0.25, 0.3) is 0 Å². The summed E-state index contributed by atoms with van der Waals surface area (Å²) in [6.45, 7) is 2.58. The molecule has 0 bridgehead atoms. The van der Waals surface area contributed by atoms with E-state index in [9.17, 15) is 14.7 Å². The van der Waals surface area contributed by atoms with Crippen molar-refractivity contribution in [3.63, 3.8) is 0 Å². The first-order valence-electron chi connectivity index (χ1n) is 7.45. The minimum atomic E-state index is -0.973. The third-order valence-electron chi connectivity index (χ3n) is 4.18. The zero-order valence-electron chi connectivity index (χ0n) is 12.8. The fourth-order valence-electron chi connectivity index (χ4n) is 3.09. The maximum Gasteiger partial charge on any atom is 0.336 e. The van der Waals surface area contributed by atoms with E-state index in [-0.39, 0.29) is 12.0 Å². The van der Waals surface area contributed by atoms with Gasteiger partial charge >= 0.3 is 5.97 Å². The molecule has 0 saturated heterocycles. The van der Waals surface area contributed by atoms with Crippen LogP contribution in [0.5, 0.6) is 0 Å². The SMILES string of the molecule is Cc1c(CC=O)c2c(C(=O)O)cccc2n1Cc1ccccc1. The molecule has 23 heavy (non-hydrogen) atoms. The highest BCUT2D eigenvalue weighted by Gasteiger charge is 2.19. The van der Waals surface area contributed by atoms with Gasteiger partial charge in [-0.1, -0.05) is 36.4 Å². The summed E-state index contributed by atoms with van der Waals surface area (Å²) in [5.41, 5.74) is 3.96. The third kappa shape index (κ3) is 2.63. The van der Waals surface area contributed by atoms with Gasteiger partial charge in [0.2, 0.25) is 0 Å². The summed E-state index contributed by atoms with van der Waals surface area (Å²) in [6, 6.07) is 15.2. The summed E-state index contributed by atoms with van der Waals surface area (Å²) < 4.78 is 2.08. The predicted molar refractivity (Wildman–Crippen MR) is 88.9 cm³/mol. The summed E-state index contributed by atoms with van der Waals surface area (Å²) in [4.78, 5) is 22.6. The second-order valence-electron chi connectivity index (χ2n) is 5.51. The van der Waals surface area contributed by atoms with Crippen molar-refractivity contribution in [1.82, 2.24) is 4.57 Å². The molecule has 0 spiro atoms. The highest BCUT2D eigenvalue weighted by Crippen LogP contribution is 2.30. The largest absolute Gasteiger partial charge is 0.478 e. The first-order chi connectivity index (χ1) is 11.1. The van der Waals surface area contributed by atoms with E-state index >= 15 is 0 Å². The average molecular weight is 307 g/mol. The van der Waals surface area contributed by atoms with Crippen LogP contribution in [0.2, 0.25) is 0 Å². The summed E-state index contributed by atoms with van der Waals surface area (Å²) in [5.74, 6) is -0.973. The lowest BCUT2D eigenvalue weighted by Gasteiger charge is -2.09. The molecule has 0 radical (unpaired) electrons. The van der Waals surface area contributed by atoms with Gasteiger partial charge in [0, 0.05) is 29.6 Å². The fourth-order valence-corrected chi connectivity index (χ4v) is 3.09. The van der Waals surface area contributed by atoms with Crippen molar-refractivity contribution >= 4 is 23.2 Å². The number of benzene rings is 2. The van der Waals surface area contributed by atoms with Crippen LogP contribution in [0.3, 0.4) is 0 Å². The van der Waals surface area contributed by atoms with Crippen LogP contribution in [0.4, 0.5) is 0 Å². The van der Waals surface area contributed by atoms with Gasteiger partial charge in [-0.25, -0.2) is 4.79 Å². The van der Waals surface area contributed by atoms with Gasteiger partial charge in [-0.2, -0.15) is 0 Å². The minimum Gasteiger partial charge on any atom is -0.478 e. The van der Waals surface area contributed by atoms with Crippen LogP contribution < -0.4 is 0 Å². The van der Waals surface area contributed by atoms with Crippen molar-refractivity contribution in [2.45, 2.75) is 19.9 Å². The molecule has 0 atom stereocenters. The van der Waals surface area contributed by atoms with Crippen molar-refractivity contribution < 1.29 is 14.7 Å². The number of carbonyl (C=O) groups excluding carboxylic acids is 1. The van der Waals surface area contributed by atoms with Crippen LogP contribution in [0.15, 0.2) is 48.5 Å². The number of aromatic nitrogens is 1. The Morgan fingerprint density at radius 2 is 1.87 bits per heavy atom. The highest BCUT2D eigenvalue weighted by molar-refractivity contribution is 6.05. The first-order valence-corrected chi connectivity index (χ1v) is 7.45. The van der Waals surface area contributed by atoms with E-state index in [2.05, 4.69) is 4.57 Å². The van der Waals surface area contributed by atoms with Gasteiger partial charge in [-0.05, 0) is 30.2 Å². The number of aldehydes is 1. The lowest BCUT2D eigenvalue weighted by molar-refractivity contribution is -0.107. The molecule has 0 aliphatic carbocycles. The van der Waals surface area contributed by atoms with Gasteiger partial charge in [0.1, 0.15) is 6.29 Å². The Morgan fingerprint density at radius 1 is 1.13 bits per heavy atom. The maximum atomic E-state index is 11.6. The Morgan fingerprint density at radius 3 is 2.52 bits per heavy atom. The van der Waals surface area contributed by atoms with Gasteiger partial charge in [0.15, 0.2) is 0 Å². The minimum absolute atomic E-state index is 0.217. The number of fused-ring (bicyclic) bond motifs is 1. The van der Waals surface area contributed by atoms with Gasteiger partial charge in [-0.15, -0.1) is 0 Å². The lowest BCUT2D eigenvalue weighted by atomic mass is 10.0. The van der Waals surface area contributed by atoms with E-state index in [4.69, 9.17) is 0 Å². The molecule has 0 amide bonds. The molecule has 0 unspecified atom stereocenters. The standard InChI is InChI=1S/C19H17NO3/c1-13-15(10-11-21)18-16(19(22)23)8-5-9-17(18)20(13)12-14-6-3-2-4-7-14/h2-9,11H,10,12H2,1H3,(H,22,23). The molecule has 0 saturated carbocycles. The quantitative estimate of drug-likeness (QED) is 0.735. The number of aromatic carboxylic acids is 1. The van der Waals surface area contributed by atoms with E-state index in [1.165, 1.54) is 0 Å². The average Bonchev–Trinajstić information content (AvgIpc) is 2.82. The van der Waals surface area contributed by atoms with E-state index in [1.54, 1.807) is 12.1 Å². The number of nitrogens with zero attached hydrogens (tertiary/aromatic N) is 1.